The van der Waals surface area contributed by atoms with Crippen molar-refractivity contribution in [2.24, 2.45) is 0 Å². The standard InChI is InChI=1S/C12H17FN2OS/c1-9-4-5-10(13)8-11(9)15-12(17)14-6-3-7-16-2/h4-5,8H,3,6-7H2,1-2H3,(H2,14,15,17). The van der Waals surface area contributed by atoms with Gasteiger partial charge < -0.3 is 15.4 Å². The third-order valence-electron chi connectivity index (χ3n) is 2.26. The van der Waals surface area contributed by atoms with Crippen LogP contribution in [0.15, 0.2) is 18.2 Å². The van der Waals surface area contributed by atoms with Gasteiger partial charge in [-0.2, -0.15) is 0 Å². The minimum atomic E-state index is -0.278. The third-order valence-corrected chi connectivity index (χ3v) is 2.51. The summed E-state index contributed by atoms with van der Waals surface area (Å²) in [5.41, 5.74) is 1.64. The monoisotopic (exact) mass is 256 g/mol. The van der Waals surface area contributed by atoms with Crippen molar-refractivity contribution < 1.29 is 9.13 Å². The minimum absolute atomic E-state index is 0.278. The van der Waals surface area contributed by atoms with Gasteiger partial charge in [0.25, 0.3) is 0 Å². The number of halogens is 1. The molecule has 0 amide bonds. The molecule has 2 N–H and O–H groups in total. The quantitative estimate of drug-likeness (QED) is 0.626. The largest absolute Gasteiger partial charge is 0.385 e. The van der Waals surface area contributed by atoms with E-state index in [0.717, 1.165) is 18.5 Å². The molecular weight excluding hydrogens is 239 g/mol. The highest BCUT2D eigenvalue weighted by molar-refractivity contribution is 7.80. The van der Waals surface area contributed by atoms with Gasteiger partial charge in [-0.15, -0.1) is 0 Å². The molecule has 0 spiro atoms. The predicted octanol–water partition coefficient (Wildman–Crippen LogP) is 2.46. The lowest BCUT2D eigenvalue weighted by atomic mass is 10.2. The molecule has 0 aliphatic carbocycles. The first-order valence-corrected chi connectivity index (χ1v) is 5.84. The summed E-state index contributed by atoms with van der Waals surface area (Å²) < 4.78 is 18.0. The van der Waals surface area contributed by atoms with Gasteiger partial charge in [-0.1, -0.05) is 6.07 Å². The van der Waals surface area contributed by atoms with E-state index in [2.05, 4.69) is 10.6 Å². The second-order valence-corrected chi connectivity index (χ2v) is 4.09. The number of nitrogens with one attached hydrogen (secondary N) is 2. The fourth-order valence-corrected chi connectivity index (χ4v) is 1.53. The first kappa shape index (κ1) is 13.9. The second kappa shape index (κ2) is 7.19. The van der Waals surface area contributed by atoms with E-state index in [1.54, 1.807) is 13.2 Å². The van der Waals surface area contributed by atoms with E-state index in [1.807, 2.05) is 6.92 Å². The van der Waals surface area contributed by atoms with E-state index in [4.69, 9.17) is 17.0 Å². The molecule has 1 aromatic carbocycles. The van der Waals surface area contributed by atoms with Crippen LogP contribution in [0.25, 0.3) is 0 Å². The van der Waals surface area contributed by atoms with Gasteiger partial charge in [0.15, 0.2) is 5.11 Å². The Bertz CT molecular complexity index is 385. The number of anilines is 1. The number of ether oxygens (including phenoxy) is 1. The normalized spacial score (nSPS) is 10.1. The number of thiocarbonyl (C=S) groups is 1. The van der Waals surface area contributed by atoms with Crippen molar-refractivity contribution in [3.05, 3.63) is 29.6 Å². The number of rotatable bonds is 5. The summed E-state index contributed by atoms with van der Waals surface area (Å²) in [6.07, 6.45) is 0.875. The Morgan fingerprint density at radius 3 is 2.94 bits per heavy atom. The third kappa shape index (κ3) is 5.10. The summed E-state index contributed by atoms with van der Waals surface area (Å²) in [5.74, 6) is -0.278. The summed E-state index contributed by atoms with van der Waals surface area (Å²) in [6, 6.07) is 4.57. The molecule has 0 saturated carbocycles. The Morgan fingerprint density at radius 2 is 2.24 bits per heavy atom. The fraction of sp³-hybridized carbons (Fsp3) is 0.417. The van der Waals surface area contributed by atoms with Crippen molar-refractivity contribution in [2.75, 3.05) is 25.6 Å². The summed E-state index contributed by atoms with van der Waals surface area (Å²) in [4.78, 5) is 0. The van der Waals surface area contributed by atoms with Crippen LogP contribution in [0.1, 0.15) is 12.0 Å². The number of benzene rings is 1. The van der Waals surface area contributed by atoms with Crippen LogP contribution in [0.2, 0.25) is 0 Å². The number of aryl methyl sites for hydroxylation is 1. The molecule has 1 rings (SSSR count). The zero-order valence-electron chi connectivity index (χ0n) is 10.0. The molecule has 0 unspecified atom stereocenters. The van der Waals surface area contributed by atoms with E-state index in [0.29, 0.717) is 17.4 Å². The molecule has 0 aliphatic rings. The maximum atomic E-state index is 13.0. The molecule has 17 heavy (non-hydrogen) atoms. The van der Waals surface area contributed by atoms with Crippen LogP contribution in [0, 0.1) is 12.7 Å². The van der Waals surface area contributed by atoms with Crippen LogP contribution in [0.5, 0.6) is 0 Å². The Balaban J connectivity index is 2.42. The molecule has 0 saturated heterocycles. The topological polar surface area (TPSA) is 33.3 Å². The second-order valence-electron chi connectivity index (χ2n) is 3.69. The van der Waals surface area contributed by atoms with Crippen LogP contribution < -0.4 is 10.6 Å². The Morgan fingerprint density at radius 1 is 1.47 bits per heavy atom. The van der Waals surface area contributed by atoms with E-state index < -0.39 is 0 Å². The summed E-state index contributed by atoms with van der Waals surface area (Å²) in [6.45, 7) is 3.32. The lowest BCUT2D eigenvalue weighted by Gasteiger charge is -2.12. The zero-order valence-corrected chi connectivity index (χ0v) is 10.9. The van der Waals surface area contributed by atoms with Crippen molar-refractivity contribution in [3.63, 3.8) is 0 Å². The molecule has 1 aromatic rings. The molecule has 5 heteroatoms. The van der Waals surface area contributed by atoms with E-state index in [1.165, 1.54) is 12.1 Å². The molecule has 0 fully saturated rings. The van der Waals surface area contributed by atoms with Gasteiger partial charge in [-0.3, -0.25) is 0 Å². The minimum Gasteiger partial charge on any atom is -0.385 e. The van der Waals surface area contributed by atoms with Crippen LogP contribution in [0.4, 0.5) is 10.1 Å². The average Bonchev–Trinajstić information content (AvgIpc) is 2.29. The number of hydrogen-bond acceptors (Lipinski definition) is 2. The highest BCUT2D eigenvalue weighted by atomic mass is 32.1. The molecular formula is C12H17FN2OS. The molecule has 0 bridgehead atoms. The lowest BCUT2D eigenvalue weighted by Crippen LogP contribution is -2.30. The van der Waals surface area contributed by atoms with Crippen molar-refractivity contribution in [1.29, 1.82) is 0 Å². The molecule has 94 valence electrons. The highest BCUT2D eigenvalue weighted by Gasteiger charge is 2.02. The Kier molecular flexibility index (Phi) is 5.86. The molecule has 0 aliphatic heterocycles. The van der Waals surface area contributed by atoms with Crippen molar-refractivity contribution >= 4 is 23.0 Å². The van der Waals surface area contributed by atoms with Crippen LogP contribution in [-0.2, 0) is 4.74 Å². The Labute approximate surface area is 106 Å². The fourth-order valence-electron chi connectivity index (χ4n) is 1.31. The SMILES string of the molecule is COCCCNC(=S)Nc1cc(F)ccc1C. The zero-order chi connectivity index (χ0) is 12.7. The summed E-state index contributed by atoms with van der Waals surface area (Å²) in [5, 5.41) is 6.49. The van der Waals surface area contributed by atoms with Gasteiger partial charge in [0, 0.05) is 25.9 Å². The molecule has 0 heterocycles. The van der Waals surface area contributed by atoms with Crippen molar-refractivity contribution in [2.45, 2.75) is 13.3 Å². The Hall–Kier alpha value is -1.20. The molecule has 0 aromatic heterocycles. The van der Waals surface area contributed by atoms with Crippen LogP contribution in [-0.4, -0.2) is 25.4 Å². The maximum absolute atomic E-state index is 13.0. The van der Waals surface area contributed by atoms with Gasteiger partial charge in [0.1, 0.15) is 5.82 Å². The average molecular weight is 256 g/mol. The van der Waals surface area contributed by atoms with Gasteiger partial charge in [-0.05, 0) is 43.3 Å². The van der Waals surface area contributed by atoms with Crippen LogP contribution in [0.3, 0.4) is 0 Å². The highest BCUT2D eigenvalue weighted by Crippen LogP contribution is 2.15. The maximum Gasteiger partial charge on any atom is 0.170 e. The predicted molar refractivity (Wildman–Crippen MR) is 71.9 cm³/mol. The lowest BCUT2D eigenvalue weighted by molar-refractivity contribution is 0.196. The van der Waals surface area contributed by atoms with E-state index in [-0.39, 0.29) is 5.82 Å². The number of hydrogen-bond donors (Lipinski definition) is 2. The van der Waals surface area contributed by atoms with Crippen molar-refractivity contribution in [1.82, 2.24) is 5.32 Å². The van der Waals surface area contributed by atoms with Gasteiger partial charge in [0.2, 0.25) is 0 Å². The molecule has 3 nitrogen and oxygen atoms in total. The number of methoxy groups -OCH3 is 1. The van der Waals surface area contributed by atoms with Gasteiger partial charge >= 0.3 is 0 Å². The van der Waals surface area contributed by atoms with Gasteiger partial charge in [-0.25, -0.2) is 4.39 Å². The van der Waals surface area contributed by atoms with Crippen LogP contribution >= 0.6 is 12.2 Å². The molecule has 0 atom stereocenters. The van der Waals surface area contributed by atoms with Crippen molar-refractivity contribution in [3.8, 4) is 0 Å². The molecule has 0 radical (unpaired) electrons. The van der Waals surface area contributed by atoms with E-state index >= 15 is 0 Å². The summed E-state index contributed by atoms with van der Waals surface area (Å²) in [7, 11) is 1.66. The van der Waals surface area contributed by atoms with E-state index in [9.17, 15) is 4.39 Å². The smallest absolute Gasteiger partial charge is 0.170 e. The first-order chi connectivity index (χ1) is 8.13. The first-order valence-electron chi connectivity index (χ1n) is 5.43. The van der Waals surface area contributed by atoms with Gasteiger partial charge in [0.05, 0.1) is 0 Å². The summed E-state index contributed by atoms with van der Waals surface area (Å²) >= 11 is 5.10.